The summed E-state index contributed by atoms with van der Waals surface area (Å²) in [4.78, 5) is 11.7. The minimum atomic E-state index is -3.11. The molecule has 0 unspecified atom stereocenters. The number of nitrogens with one attached hydrogen (secondary N) is 1. The van der Waals surface area contributed by atoms with Crippen molar-refractivity contribution in [2.75, 3.05) is 26.3 Å². The van der Waals surface area contributed by atoms with Crippen LogP contribution in [0.3, 0.4) is 0 Å². The number of fused-ring (bicyclic) bond motifs is 1. The van der Waals surface area contributed by atoms with Crippen LogP contribution in [0.25, 0.3) is 0 Å². The number of hydrogen-bond acceptors (Lipinski definition) is 4. The molecular formula is C12H15ClF2N2O3. The molecule has 0 saturated heterocycles. The first-order valence-corrected chi connectivity index (χ1v) is 5.77. The van der Waals surface area contributed by atoms with Gasteiger partial charge in [0.15, 0.2) is 11.5 Å². The van der Waals surface area contributed by atoms with Gasteiger partial charge in [0.05, 0.1) is 13.1 Å². The summed E-state index contributed by atoms with van der Waals surface area (Å²) < 4.78 is 36.4. The van der Waals surface area contributed by atoms with E-state index in [1.165, 1.54) is 12.1 Å². The molecule has 8 heteroatoms. The fourth-order valence-electron chi connectivity index (χ4n) is 1.57. The summed E-state index contributed by atoms with van der Waals surface area (Å²) in [6, 6.07) is 4.53. The Bertz CT molecular complexity index is 486. The monoisotopic (exact) mass is 308 g/mol. The maximum absolute atomic E-state index is 12.9. The van der Waals surface area contributed by atoms with Gasteiger partial charge in [0.1, 0.15) is 13.2 Å². The van der Waals surface area contributed by atoms with Gasteiger partial charge in [-0.25, -0.2) is 8.78 Å². The molecule has 3 N–H and O–H groups in total. The maximum atomic E-state index is 12.9. The molecule has 0 aliphatic carbocycles. The summed E-state index contributed by atoms with van der Waals surface area (Å²) in [5.74, 6) is -2.74. The molecule has 1 aliphatic rings. The van der Waals surface area contributed by atoms with Crippen molar-refractivity contribution in [1.82, 2.24) is 5.32 Å². The molecule has 0 radical (unpaired) electrons. The van der Waals surface area contributed by atoms with Gasteiger partial charge in [0.2, 0.25) is 0 Å². The molecule has 2 rings (SSSR count). The molecule has 1 aromatic carbocycles. The van der Waals surface area contributed by atoms with Crippen molar-refractivity contribution < 1.29 is 23.0 Å². The van der Waals surface area contributed by atoms with Crippen molar-refractivity contribution in [2.24, 2.45) is 5.73 Å². The minimum absolute atomic E-state index is 0. The Balaban J connectivity index is 0.00000200. The highest BCUT2D eigenvalue weighted by atomic mass is 35.5. The van der Waals surface area contributed by atoms with Crippen LogP contribution in [0.4, 0.5) is 8.78 Å². The van der Waals surface area contributed by atoms with E-state index < -0.39 is 24.9 Å². The zero-order chi connectivity index (χ0) is 13.9. The normalized spacial score (nSPS) is 13.3. The van der Waals surface area contributed by atoms with E-state index in [9.17, 15) is 13.6 Å². The molecule has 112 valence electrons. The third kappa shape index (κ3) is 3.94. The predicted molar refractivity (Wildman–Crippen MR) is 71.0 cm³/mol. The van der Waals surface area contributed by atoms with E-state index in [1.54, 1.807) is 6.07 Å². The van der Waals surface area contributed by atoms with Crippen molar-refractivity contribution in [2.45, 2.75) is 5.92 Å². The number of carbonyl (C=O) groups is 1. The van der Waals surface area contributed by atoms with E-state index in [1.807, 2.05) is 0 Å². The second-order valence-corrected chi connectivity index (χ2v) is 4.10. The van der Waals surface area contributed by atoms with E-state index >= 15 is 0 Å². The molecule has 0 bridgehead atoms. The van der Waals surface area contributed by atoms with Gasteiger partial charge in [-0.05, 0) is 18.2 Å². The number of amides is 1. The topological polar surface area (TPSA) is 73.6 Å². The molecule has 5 nitrogen and oxygen atoms in total. The summed E-state index contributed by atoms with van der Waals surface area (Å²) in [6.45, 7) is -0.768. The molecule has 0 fully saturated rings. The summed E-state index contributed by atoms with van der Waals surface area (Å²) in [7, 11) is 0. The molecule has 1 aliphatic heterocycles. The third-order valence-corrected chi connectivity index (χ3v) is 2.61. The molecule has 1 heterocycles. The number of alkyl halides is 2. The van der Waals surface area contributed by atoms with E-state index in [0.29, 0.717) is 24.7 Å². The van der Waals surface area contributed by atoms with E-state index in [-0.39, 0.29) is 18.0 Å². The Morgan fingerprint density at radius 2 is 1.95 bits per heavy atom. The second-order valence-electron chi connectivity index (χ2n) is 4.10. The average Bonchev–Trinajstić information content (AvgIpc) is 2.44. The number of carbonyl (C=O) groups excluding carboxylic acids is 1. The van der Waals surface area contributed by atoms with Crippen molar-refractivity contribution in [3.8, 4) is 11.5 Å². The first-order chi connectivity index (χ1) is 9.02. The van der Waals surface area contributed by atoms with Crippen LogP contribution in [0.15, 0.2) is 18.2 Å². The van der Waals surface area contributed by atoms with Crippen LogP contribution in [-0.2, 0) is 0 Å². The highest BCUT2D eigenvalue weighted by Gasteiger charge is 2.27. The Hall–Kier alpha value is -1.60. The first-order valence-electron chi connectivity index (χ1n) is 5.77. The van der Waals surface area contributed by atoms with Gasteiger partial charge in [-0.15, -0.1) is 12.4 Å². The van der Waals surface area contributed by atoms with Crippen LogP contribution in [0.5, 0.6) is 11.5 Å². The SMILES string of the molecule is Cl.NCC(F)(F)CNC(=O)c1ccc2c(c1)OCCO2. The molecule has 0 aromatic heterocycles. The fourth-order valence-corrected chi connectivity index (χ4v) is 1.57. The number of benzene rings is 1. The predicted octanol–water partition coefficient (Wildman–Crippen LogP) is 1.20. The highest BCUT2D eigenvalue weighted by molar-refractivity contribution is 5.94. The number of rotatable bonds is 4. The number of hydrogen-bond donors (Lipinski definition) is 2. The standard InChI is InChI=1S/C12H14F2N2O3.ClH/c13-12(14,6-15)7-16-11(17)8-1-2-9-10(5-8)19-4-3-18-9;/h1-2,5H,3-4,6-7,15H2,(H,16,17);1H. The van der Waals surface area contributed by atoms with Crippen molar-refractivity contribution in [3.63, 3.8) is 0 Å². The largest absolute Gasteiger partial charge is 0.486 e. The lowest BCUT2D eigenvalue weighted by atomic mass is 10.1. The van der Waals surface area contributed by atoms with Gasteiger partial charge in [0.25, 0.3) is 11.8 Å². The maximum Gasteiger partial charge on any atom is 0.277 e. The quantitative estimate of drug-likeness (QED) is 0.876. The van der Waals surface area contributed by atoms with Gasteiger partial charge in [-0.1, -0.05) is 0 Å². The van der Waals surface area contributed by atoms with Crippen molar-refractivity contribution in [3.05, 3.63) is 23.8 Å². The Labute approximate surface area is 120 Å². The van der Waals surface area contributed by atoms with Crippen LogP contribution in [0.1, 0.15) is 10.4 Å². The lowest BCUT2D eigenvalue weighted by Gasteiger charge is -2.19. The van der Waals surface area contributed by atoms with Crippen LogP contribution in [-0.4, -0.2) is 38.1 Å². The fraction of sp³-hybridized carbons (Fsp3) is 0.417. The van der Waals surface area contributed by atoms with Crippen molar-refractivity contribution in [1.29, 1.82) is 0 Å². The molecular weight excluding hydrogens is 294 g/mol. The summed E-state index contributed by atoms with van der Waals surface area (Å²) >= 11 is 0. The molecule has 1 amide bonds. The number of nitrogens with two attached hydrogens (primary N) is 1. The van der Waals surface area contributed by atoms with Gasteiger partial charge in [-0.2, -0.15) is 0 Å². The highest BCUT2D eigenvalue weighted by Crippen LogP contribution is 2.30. The molecule has 20 heavy (non-hydrogen) atoms. The molecule has 0 saturated carbocycles. The summed E-state index contributed by atoms with van der Waals surface area (Å²) in [6.07, 6.45) is 0. The zero-order valence-electron chi connectivity index (χ0n) is 10.5. The van der Waals surface area contributed by atoms with Crippen LogP contribution >= 0.6 is 12.4 Å². The van der Waals surface area contributed by atoms with Crippen LogP contribution in [0, 0.1) is 0 Å². The van der Waals surface area contributed by atoms with Crippen molar-refractivity contribution >= 4 is 18.3 Å². The van der Waals surface area contributed by atoms with Crippen LogP contribution < -0.4 is 20.5 Å². The lowest BCUT2D eigenvalue weighted by molar-refractivity contribution is 0.0118. The van der Waals surface area contributed by atoms with E-state index in [4.69, 9.17) is 15.2 Å². The first kappa shape index (κ1) is 16.5. The summed E-state index contributed by atoms with van der Waals surface area (Å²) in [5.41, 5.74) is 5.12. The van der Waals surface area contributed by atoms with E-state index in [0.717, 1.165) is 0 Å². The van der Waals surface area contributed by atoms with Gasteiger partial charge in [-0.3, -0.25) is 4.79 Å². The Morgan fingerprint density at radius 3 is 2.60 bits per heavy atom. The lowest BCUT2D eigenvalue weighted by Crippen LogP contribution is -2.41. The van der Waals surface area contributed by atoms with Gasteiger partial charge < -0.3 is 20.5 Å². The Morgan fingerprint density at radius 1 is 1.30 bits per heavy atom. The third-order valence-electron chi connectivity index (χ3n) is 2.61. The molecule has 0 atom stereocenters. The van der Waals surface area contributed by atoms with E-state index in [2.05, 4.69) is 5.32 Å². The number of halogens is 3. The van der Waals surface area contributed by atoms with Gasteiger partial charge >= 0.3 is 0 Å². The average molecular weight is 309 g/mol. The van der Waals surface area contributed by atoms with Gasteiger partial charge in [0, 0.05) is 5.56 Å². The smallest absolute Gasteiger partial charge is 0.277 e. The molecule has 1 aromatic rings. The Kier molecular flexibility index (Phi) is 5.52. The van der Waals surface area contributed by atoms with Crippen LogP contribution in [0.2, 0.25) is 0 Å². The summed E-state index contributed by atoms with van der Waals surface area (Å²) in [5, 5.41) is 2.13. The molecule has 0 spiro atoms. The second kappa shape index (κ2) is 6.71. The minimum Gasteiger partial charge on any atom is -0.486 e. The number of ether oxygens (including phenoxy) is 2. The zero-order valence-corrected chi connectivity index (χ0v) is 11.3.